The lowest BCUT2D eigenvalue weighted by Gasteiger charge is -2.22. The van der Waals surface area contributed by atoms with Crippen LogP contribution in [-0.4, -0.2) is 42.1 Å². The molecule has 1 saturated carbocycles. The standard InChI is InChI=1S/C23H38O6/c1-16(2)7-6-9-18(25)11-12-20-17(15-24)13-22(27)21(20)14-19(26)8-4-5-10-23(28)29-3/h16-17,20-21,24H,4-15H2,1-3H3. The second-order valence-corrected chi connectivity index (χ2v) is 8.77. The summed E-state index contributed by atoms with van der Waals surface area (Å²) >= 11 is 0. The largest absolute Gasteiger partial charge is 0.469 e. The number of rotatable bonds is 15. The molecule has 1 N–H and O–H groups in total. The van der Waals surface area contributed by atoms with Crippen molar-refractivity contribution in [2.75, 3.05) is 13.7 Å². The Balaban J connectivity index is 2.49. The van der Waals surface area contributed by atoms with E-state index in [1.54, 1.807) is 0 Å². The van der Waals surface area contributed by atoms with Crippen LogP contribution in [0.15, 0.2) is 0 Å². The summed E-state index contributed by atoms with van der Waals surface area (Å²) in [5.41, 5.74) is 0. The normalized spacial score (nSPS) is 21.6. The highest BCUT2D eigenvalue weighted by Gasteiger charge is 2.42. The Morgan fingerprint density at radius 2 is 1.69 bits per heavy atom. The van der Waals surface area contributed by atoms with Gasteiger partial charge in [0.2, 0.25) is 0 Å². The van der Waals surface area contributed by atoms with Crippen molar-refractivity contribution in [1.82, 2.24) is 0 Å². The zero-order chi connectivity index (χ0) is 21.8. The number of methoxy groups -OCH3 is 1. The Hall–Kier alpha value is -1.56. The van der Waals surface area contributed by atoms with E-state index in [9.17, 15) is 24.3 Å². The summed E-state index contributed by atoms with van der Waals surface area (Å²) in [6.07, 6.45) is 5.74. The van der Waals surface area contributed by atoms with E-state index in [4.69, 9.17) is 0 Å². The van der Waals surface area contributed by atoms with E-state index in [-0.39, 0.29) is 54.1 Å². The van der Waals surface area contributed by atoms with Gasteiger partial charge in [0.1, 0.15) is 17.3 Å². The third-order valence-electron chi connectivity index (χ3n) is 5.99. The van der Waals surface area contributed by atoms with Gasteiger partial charge in [0.05, 0.1) is 7.11 Å². The molecule has 6 nitrogen and oxygen atoms in total. The Bertz CT molecular complexity index is 554. The van der Waals surface area contributed by atoms with Gasteiger partial charge < -0.3 is 9.84 Å². The third-order valence-corrected chi connectivity index (χ3v) is 5.99. The van der Waals surface area contributed by atoms with Crippen LogP contribution in [0.5, 0.6) is 0 Å². The molecule has 0 aliphatic heterocycles. The van der Waals surface area contributed by atoms with Gasteiger partial charge in [-0.3, -0.25) is 19.2 Å². The molecule has 0 radical (unpaired) electrons. The Kier molecular flexibility index (Phi) is 12.0. The summed E-state index contributed by atoms with van der Waals surface area (Å²) in [7, 11) is 1.34. The first-order chi connectivity index (χ1) is 13.8. The van der Waals surface area contributed by atoms with Gasteiger partial charge in [-0.15, -0.1) is 0 Å². The SMILES string of the molecule is COC(=O)CCCCC(=O)CC1C(=O)CC(CO)C1CCC(=O)CCCC(C)C. The number of hydrogen-bond donors (Lipinski definition) is 1. The molecule has 0 aromatic rings. The number of carbonyl (C=O) groups excluding carboxylic acids is 4. The average molecular weight is 411 g/mol. The summed E-state index contributed by atoms with van der Waals surface area (Å²) in [5, 5.41) is 9.66. The maximum Gasteiger partial charge on any atom is 0.305 e. The van der Waals surface area contributed by atoms with Crippen LogP contribution in [0.1, 0.15) is 84.5 Å². The second kappa shape index (κ2) is 13.6. The minimum Gasteiger partial charge on any atom is -0.469 e. The van der Waals surface area contributed by atoms with Crippen molar-refractivity contribution in [3.05, 3.63) is 0 Å². The lowest BCUT2D eigenvalue weighted by Crippen LogP contribution is -2.23. The molecule has 0 saturated heterocycles. The van der Waals surface area contributed by atoms with Gasteiger partial charge in [-0.1, -0.05) is 20.3 Å². The minimum absolute atomic E-state index is 0.0139. The number of esters is 1. The smallest absolute Gasteiger partial charge is 0.305 e. The fraction of sp³-hybridized carbons (Fsp3) is 0.826. The van der Waals surface area contributed by atoms with E-state index in [2.05, 4.69) is 18.6 Å². The summed E-state index contributed by atoms with van der Waals surface area (Å²) in [6, 6.07) is 0. The molecule has 1 aliphatic carbocycles. The van der Waals surface area contributed by atoms with Crippen LogP contribution in [0.4, 0.5) is 0 Å². The summed E-state index contributed by atoms with van der Waals surface area (Å²) in [4.78, 5) is 48.1. The number of hydrogen-bond acceptors (Lipinski definition) is 6. The van der Waals surface area contributed by atoms with Crippen molar-refractivity contribution in [2.24, 2.45) is 23.7 Å². The van der Waals surface area contributed by atoms with Crippen LogP contribution < -0.4 is 0 Å². The van der Waals surface area contributed by atoms with Crippen molar-refractivity contribution in [1.29, 1.82) is 0 Å². The molecule has 166 valence electrons. The van der Waals surface area contributed by atoms with E-state index in [1.807, 2.05) is 0 Å². The number of ketones is 3. The molecule has 0 amide bonds. The van der Waals surface area contributed by atoms with Crippen LogP contribution in [0.3, 0.4) is 0 Å². The van der Waals surface area contributed by atoms with E-state index in [1.165, 1.54) is 7.11 Å². The lowest BCUT2D eigenvalue weighted by molar-refractivity contribution is -0.140. The molecule has 1 rings (SSSR count). The van der Waals surface area contributed by atoms with Crippen molar-refractivity contribution < 1.29 is 29.0 Å². The quantitative estimate of drug-likeness (QED) is 0.327. The van der Waals surface area contributed by atoms with Gasteiger partial charge in [0, 0.05) is 51.0 Å². The number of aliphatic hydroxyl groups excluding tert-OH is 1. The molecule has 0 aromatic carbocycles. The number of unbranched alkanes of at least 4 members (excludes halogenated alkanes) is 1. The van der Waals surface area contributed by atoms with Crippen LogP contribution in [0.25, 0.3) is 0 Å². The highest BCUT2D eigenvalue weighted by atomic mass is 16.5. The average Bonchev–Trinajstić information content (AvgIpc) is 2.97. The number of aliphatic hydroxyl groups is 1. The highest BCUT2D eigenvalue weighted by Crippen LogP contribution is 2.39. The molecule has 6 heteroatoms. The third kappa shape index (κ3) is 9.66. The monoisotopic (exact) mass is 410 g/mol. The maximum atomic E-state index is 12.4. The van der Waals surface area contributed by atoms with Gasteiger partial charge in [-0.25, -0.2) is 0 Å². The van der Waals surface area contributed by atoms with Crippen molar-refractivity contribution in [3.63, 3.8) is 0 Å². The van der Waals surface area contributed by atoms with Gasteiger partial charge in [-0.2, -0.15) is 0 Å². The van der Waals surface area contributed by atoms with Gasteiger partial charge in [0.15, 0.2) is 0 Å². The molecular weight excluding hydrogens is 372 g/mol. The number of Topliss-reactive ketones (excluding diaryl/α,β-unsaturated/α-hetero) is 3. The fourth-order valence-corrected chi connectivity index (χ4v) is 4.23. The van der Waals surface area contributed by atoms with Crippen LogP contribution in [-0.2, 0) is 23.9 Å². The first-order valence-electron chi connectivity index (χ1n) is 11.0. The molecule has 0 heterocycles. The second-order valence-electron chi connectivity index (χ2n) is 8.77. The predicted octanol–water partition coefficient (Wildman–Crippen LogP) is 3.67. The predicted molar refractivity (Wildman–Crippen MR) is 110 cm³/mol. The van der Waals surface area contributed by atoms with Crippen molar-refractivity contribution >= 4 is 23.3 Å². The summed E-state index contributed by atoms with van der Waals surface area (Å²) in [6.45, 7) is 4.19. The van der Waals surface area contributed by atoms with Gasteiger partial charge in [0.25, 0.3) is 0 Å². The van der Waals surface area contributed by atoms with Crippen LogP contribution >= 0.6 is 0 Å². The van der Waals surface area contributed by atoms with E-state index >= 15 is 0 Å². The Morgan fingerprint density at radius 1 is 1.03 bits per heavy atom. The van der Waals surface area contributed by atoms with E-state index in [0.29, 0.717) is 57.3 Å². The Morgan fingerprint density at radius 3 is 2.31 bits per heavy atom. The number of carbonyl (C=O) groups is 4. The lowest BCUT2D eigenvalue weighted by atomic mass is 9.82. The first kappa shape index (κ1) is 25.5. The Labute approximate surface area is 174 Å². The zero-order valence-electron chi connectivity index (χ0n) is 18.3. The molecule has 0 aromatic heterocycles. The molecule has 0 spiro atoms. The summed E-state index contributed by atoms with van der Waals surface area (Å²) in [5.74, 6) is -0.0874. The minimum atomic E-state index is -0.385. The maximum absolute atomic E-state index is 12.4. The molecular formula is C23H38O6. The molecule has 3 unspecified atom stereocenters. The molecule has 3 atom stereocenters. The number of ether oxygens (including phenoxy) is 1. The van der Waals surface area contributed by atoms with E-state index in [0.717, 1.165) is 12.8 Å². The van der Waals surface area contributed by atoms with Crippen LogP contribution in [0.2, 0.25) is 0 Å². The molecule has 0 bridgehead atoms. The summed E-state index contributed by atoms with van der Waals surface area (Å²) < 4.78 is 4.58. The molecule has 29 heavy (non-hydrogen) atoms. The highest BCUT2D eigenvalue weighted by molar-refractivity contribution is 5.90. The van der Waals surface area contributed by atoms with E-state index < -0.39 is 0 Å². The molecule has 1 aliphatic rings. The molecule has 1 fully saturated rings. The zero-order valence-corrected chi connectivity index (χ0v) is 18.3. The van der Waals surface area contributed by atoms with Crippen molar-refractivity contribution in [2.45, 2.75) is 84.5 Å². The van der Waals surface area contributed by atoms with Gasteiger partial charge in [-0.05, 0) is 43.4 Å². The van der Waals surface area contributed by atoms with Crippen molar-refractivity contribution in [3.8, 4) is 0 Å². The van der Waals surface area contributed by atoms with Gasteiger partial charge >= 0.3 is 5.97 Å². The topological polar surface area (TPSA) is 97.7 Å². The van der Waals surface area contributed by atoms with Crippen LogP contribution in [0, 0.1) is 23.7 Å². The first-order valence-corrected chi connectivity index (χ1v) is 11.0. The fourth-order valence-electron chi connectivity index (χ4n) is 4.23.